The van der Waals surface area contributed by atoms with Gasteiger partial charge in [-0.15, -0.1) is 0 Å². The van der Waals surface area contributed by atoms with Crippen LogP contribution in [0.25, 0.3) is 0 Å². The number of hydrogen-bond donors (Lipinski definition) is 1. The Morgan fingerprint density at radius 3 is 2.61 bits per heavy atom. The predicted molar refractivity (Wildman–Crippen MR) is 135 cm³/mol. The maximum Gasteiger partial charge on any atom is 0.259 e. The van der Waals surface area contributed by atoms with Crippen molar-refractivity contribution >= 4 is 23.7 Å². The van der Waals surface area contributed by atoms with Crippen molar-refractivity contribution in [1.29, 1.82) is 0 Å². The van der Waals surface area contributed by atoms with Gasteiger partial charge in [-0.1, -0.05) is 30.3 Å². The summed E-state index contributed by atoms with van der Waals surface area (Å²) in [6.45, 7) is 0.449. The lowest BCUT2D eigenvalue weighted by Gasteiger charge is -2.27. The van der Waals surface area contributed by atoms with Crippen LogP contribution in [-0.2, 0) is 0 Å². The summed E-state index contributed by atoms with van der Waals surface area (Å²) in [6.07, 6.45) is 4.65. The van der Waals surface area contributed by atoms with Crippen molar-refractivity contribution in [3.05, 3.63) is 95.8 Å². The van der Waals surface area contributed by atoms with Crippen molar-refractivity contribution in [2.45, 2.75) is 12.7 Å². The Labute approximate surface area is 207 Å². The molecule has 2 amide bonds. The highest BCUT2D eigenvalue weighted by Gasteiger charge is 2.25. The van der Waals surface area contributed by atoms with Gasteiger partial charge in [-0.2, -0.15) is 0 Å². The van der Waals surface area contributed by atoms with Gasteiger partial charge < -0.3 is 19.7 Å². The summed E-state index contributed by atoms with van der Waals surface area (Å²) in [7, 11) is 1.51. The number of methoxy groups -OCH3 is 1. The quantitative estimate of drug-likeness (QED) is 0.576. The number of nitrogens with one attached hydrogen (secondary N) is 1. The summed E-state index contributed by atoms with van der Waals surface area (Å²) in [6, 6.07) is 19.6. The molecular formula is C27H23N5O4. The molecule has 0 saturated carbocycles. The fourth-order valence-corrected chi connectivity index (χ4v) is 3.86. The highest BCUT2D eigenvalue weighted by Crippen LogP contribution is 2.22. The molecule has 180 valence electrons. The summed E-state index contributed by atoms with van der Waals surface area (Å²) in [5, 5.41) is 2.79. The Hall–Kier alpha value is -4.79. The maximum absolute atomic E-state index is 13.0. The average molecular weight is 482 g/mol. The van der Waals surface area contributed by atoms with Crippen molar-refractivity contribution in [1.82, 2.24) is 15.2 Å². The second kappa shape index (κ2) is 10.2. The predicted octanol–water partition coefficient (Wildman–Crippen LogP) is 3.85. The number of hydrogen-bond acceptors (Lipinski definition) is 7. The molecule has 36 heavy (non-hydrogen) atoms. The fraction of sp³-hybridized carbons (Fsp3) is 0.148. The van der Waals surface area contributed by atoms with E-state index in [1.54, 1.807) is 53.7 Å². The van der Waals surface area contributed by atoms with Gasteiger partial charge in [0.15, 0.2) is 0 Å². The highest BCUT2D eigenvalue weighted by molar-refractivity contribution is 6.18. The van der Waals surface area contributed by atoms with E-state index in [1.165, 1.54) is 13.3 Å². The number of para-hydroxylation sites is 2. The summed E-state index contributed by atoms with van der Waals surface area (Å²) in [4.78, 5) is 40.4. The number of ether oxygens (including phenoxy) is 2. The minimum Gasteiger partial charge on any atom is -0.496 e. The lowest BCUT2D eigenvalue weighted by molar-refractivity contribution is 0.0822. The van der Waals surface area contributed by atoms with Crippen LogP contribution in [0.15, 0.2) is 94.7 Å². The van der Waals surface area contributed by atoms with Crippen LogP contribution in [-0.4, -0.2) is 53.6 Å². The molecule has 9 heteroatoms. The Kier molecular flexibility index (Phi) is 6.53. The highest BCUT2D eigenvalue weighted by atomic mass is 16.5. The average Bonchev–Trinajstić information content (AvgIpc) is 2.93. The Bertz CT molecular complexity index is 1370. The summed E-state index contributed by atoms with van der Waals surface area (Å²) in [5.74, 6) is 1.05. The molecule has 0 radical (unpaired) electrons. The van der Waals surface area contributed by atoms with E-state index in [2.05, 4.69) is 20.3 Å². The smallest absolute Gasteiger partial charge is 0.259 e. The topological polar surface area (TPSA) is 105 Å². The number of fused-ring (bicyclic) bond motifs is 1. The van der Waals surface area contributed by atoms with Crippen LogP contribution in [0.4, 0.5) is 0 Å². The van der Waals surface area contributed by atoms with Crippen LogP contribution in [0.5, 0.6) is 17.4 Å². The zero-order valence-electron chi connectivity index (χ0n) is 19.5. The molecular weight excluding hydrogens is 458 g/mol. The number of rotatable bonds is 6. The number of carbonyl (C=O) groups is 2. The molecule has 1 unspecified atom stereocenters. The number of aliphatic imine (C=N–C) groups is 2. The molecule has 0 fully saturated rings. The monoisotopic (exact) mass is 481 g/mol. The van der Waals surface area contributed by atoms with Gasteiger partial charge in [0.1, 0.15) is 11.5 Å². The van der Waals surface area contributed by atoms with E-state index in [0.29, 0.717) is 41.5 Å². The zero-order valence-corrected chi connectivity index (χ0v) is 19.5. The first-order valence-corrected chi connectivity index (χ1v) is 11.4. The molecule has 1 N–H and O–H groups in total. The van der Waals surface area contributed by atoms with Crippen molar-refractivity contribution in [2.75, 3.05) is 13.7 Å². The number of carbonyl (C=O) groups excluding carboxylic acids is 2. The lowest BCUT2D eigenvalue weighted by Crippen LogP contribution is -2.38. The van der Waals surface area contributed by atoms with Crippen LogP contribution >= 0.6 is 0 Å². The van der Waals surface area contributed by atoms with E-state index >= 15 is 0 Å². The molecule has 5 rings (SSSR count). The molecule has 0 saturated heterocycles. The molecule has 2 aromatic carbocycles. The summed E-state index contributed by atoms with van der Waals surface area (Å²) >= 11 is 0. The molecule has 0 spiro atoms. The third kappa shape index (κ3) is 5.00. The van der Waals surface area contributed by atoms with E-state index in [4.69, 9.17) is 9.47 Å². The van der Waals surface area contributed by atoms with Gasteiger partial charge >= 0.3 is 0 Å². The molecule has 1 atom stereocenters. The molecule has 0 aliphatic carbocycles. The van der Waals surface area contributed by atoms with Crippen molar-refractivity contribution in [3.8, 4) is 17.4 Å². The van der Waals surface area contributed by atoms with E-state index in [0.717, 1.165) is 11.3 Å². The summed E-state index contributed by atoms with van der Waals surface area (Å²) < 4.78 is 10.9. The van der Waals surface area contributed by atoms with E-state index in [9.17, 15) is 9.59 Å². The van der Waals surface area contributed by atoms with Crippen LogP contribution in [0.3, 0.4) is 0 Å². The minimum absolute atomic E-state index is 0.180. The number of allylic oxidation sites excluding steroid dienone is 1. The molecule has 1 aromatic heterocycles. The number of benzene rings is 2. The SMILES string of the molecule is COc1ccccc1C(=O)NC1N=CC2=CN(C(=O)c3ccc(Oc4ccccc4)nc3)CCC2=N1. The second-order valence-electron chi connectivity index (χ2n) is 8.03. The minimum atomic E-state index is -0.738. The van der Waals surface area contributed by atoms with Crippen LogP contribution < -0.4 is 14.8 Å². The molecule has 3 heterocycles. The van der Waals surface area contributed by atoms with Crippen LogP contribution in [0.2, 0.25) is 0 Å². The fourth-order valence-electron chi connectivity index (χ4n) is 3.86. The number of nitrogens with zero attached hydrogens (tertiary/aromatic N) is 4. The molecule has 2 aliphatic rings. The zero-order chi connectivity index (χ0) is 24.9. The second-order valence-corrected chi connectivity index (χ2v) is 8.03. The number of amides is 2. The van der Waals surface area contributed by atoms with Gasteiger partial charge in [-0.3, -0.25) is 9.59 Å². The Morgan fingerprint density at radius 1 is 1.03 bits per heavy atom. The van der Waals surface area contributed by atoms with Crippen LogP contribution in [0, 0.1) is 0 Å². The number of aromatic nitrogens is 1. The Balaban J connectivity index is 1.23. The van der Waals surface area contributed by atoms with Gasteiger partial charge in [0.05, 0.1) is 23.9 Å². The normalized spacial score (nSPS) is 16.4. The van der Waals surface area contributed by atoms with E-state index in [1.807, 2.05) is 30.3 Å². The standard InChI is InChI=1S/C27H23N5O4/c1-35-23-10-6-5-9-21(23)25(33)31-27-29-16-19-17-32(14-13-22(19)30-27)26(34)18-11-12-24(28-15-18)36-20-7-3-2-4-8-20/h2-12,15-17,27H,13-14H2,1H3,(H,31,33). The van der Waals surface area contributed by atoms with Crippen LogP contribution in [0.1, 0.15) is 27.1 Å². The number of pyridine rings is 1. The van der Waals surface area contributed by atoms with E-state index < -0.39 is 6.29 Å². The largest absolute Gasteiger partial charge is 0.496 e. The third-order valence-corrected chi connectivity index (χ3v) is 5.67. The first kappa shape index (κ1) is 23.0. The first-order valence-electron chi connectivity index (χ1n) is 11.4. The molecule has 2 aliphatic heterocycles. The maximum atomic E-state index is 13.0. The van der Waals surface area contributed by atoms with E-state index in [-0.39, 0.29) is 11.8 Å². The van der Waals surface area contributed by atoms with Gasteiger partial charge in [0.25, 0.3) is 11.8 Å². The summed E-state index contributed by atoms with van der Waals surface area (Å²) in [5.41, 5.74) is 2.37. The third-order valence-electron chi connectivity index (χ3n) is 5.67. The van der Waals surface area contributed by atoms with Crippen molar-refractivity contribution < 1.29 is 19.1 Å². The van der Waals surface area contributed by atoms with Gasteiger partial charge in [-0.05, 0) is 30.3 Å². The first-order chi connectivity index (χ1) is 17.6. The molecule has 3 aromatic rings. The van der Waals surface area contributed by atoms with Crippen molar-refractivity contribution in [3.63, 3.8) is 0 Å². The van der Waals surface area contributed by atoms with Crippen molar-refractivity contribution in [2.24, 2.45) is 9.98 Å². The van der Waals surface area contributed by atoms with Gasteiger partial charge in [0, 0.05) is 43.2 Å². The lowest BCUT2D eigenvalue weighted by atomic mass is 10.0. The molecule has 0 bridgehead atoms. The van der Waals surface area contributed by atoms with Gasteiger partial charge in [-0.25, -0.2) is 15.0 Å². The molecule has 9 nitrogen and oxygen atoms in total. The Morgan fingerprint density at radius 2 is 1.83 bits per heavy atom. The van der Waals surface area contributed by atoms with Gasteiger partial charge in [0.2, 0.25) is 12.2 Å².